The van der Waals surface area contributed by atoms with Gasteiger partial charge in [0.2, 0.25) is 0 Å². The quantitative estimate of drug-likeness (QED) is 0.593. The van der Waals surface area contributed by atoms with Crippen LogP contribution in [0.1, 0.15) is 25.5 Å². The Labute approximate surface area is 118 Å². The second-order valence-corrected chi connectivity index (χ2v) is 5.04. The van der Waals surface area contributed by atoms with Gasteiger partial charge in [0.15, 0.2) is 6.10 Å². The summed E-state index contributed by atoms with van der Waals surface area (Å²) in [6.07, 6.45) is -2.59. The summed E-state index contributed by atoms with van der Waals surface area (Å²) in [6, 6.07) is 9.87. The predicted octanol–water partition coefficient (Wildman–Crippen LogP) is 0.717. The van der Waals surface area contributed by atoms with Crippen molar-refractivity contribution in [2.45, 2.75) is 38.1 Å². The van der Waals surface area contributed by atoms with E-state index in [1.807, 2.05) is 42.2 Å². The summed E-state index contributed by atoms with van der Waals surface area (Å²) in [7, 11) is 0. The molecule has 0 bridgehead atoms. The second-order valence-electron chi connectivity index (χ2n) is 5.04. The minimum Gasteiger partial charge on any atom is -0.464 e. The molecule has 5 atom stereocenters. The molecule has 110 valence electrons. The lowest BCUT2D eigenvalue weighted by molar-refractivity contribution is -0.159. The van der Waals surface area contributed by atoms with Crippen LogP contribution in [0.3, 0.4) is 0 Å². The number of rotatable bonds is 6. The van der Waals surface area contributed by atoms with Gasteiger partial charge in [-0.2, -0.15) is 0 Å². The van der Waals surface area contributed by atoms with Gasteiger partial charge in [0.25, 0.3) is 0 Å². The highest BCUT2D eigenvalue weighted by molar-refractivity contribution is 5.75. The summed E-state index contributed by atoms with van der Waals surface area (Å²) in [5.41, 5.74) is 1.15. The van der Waals surface area contributed by atoms with E-state index < -0.39 is 18.2 Å². The fraction of sp³-hybridized carbons (Fsp3) is 0.533. The summed E-state index contributed by atoms with van der Waals surface area (Å²) < 4.78 is 4.72. The van der Waals surface area contributed by atoms with E-state index in [-0.39, 0.29) is 18.7 Å². The van der Waals surface area contributed by atoms with Crippen molar-refractivity contribution < 1.29 is 19.7 Å². The van der Waals surface area contributed by atoms with Crippen molar-refractivity contribution in [3.05, 3.63) is 35.9 Å². The number of carbonyl (C=O) groups is 1. The second kappa shape index (κ2) is 6.35. The third-order valence-electron chi connectivity index (χ3n) is 3.72. The monoisotopic (exact) mass is 279 g/mol. The first kappa shape index (κ1) is 15.0. The first-order valence-corrected chi connectivity index (χ1v) is 6.89. The van der Waals surface area contributed by atoms with Crippen molar-refractivity contribution in [1.29, 1.82) is 0 Å². The molecule has 0 aliphatic carbocycles. The van der Waals surface area contributed by atoms with Crippen molar-refractivity contribution in [1.82, 2.24) is 4.90 Å². The van der Waals surface area contributed by atoms with E-state index in [4.69, 9.17) is 4.74 Å². The molecule has 1 aliphatic rings. The minimum absolute atomic E-state index is 0.144. The van der Waals surface area contributed by atoms with Crippen LogP contribution in [0.4, 0.5) is 0 Å². The molecule has 2 rings (SSSR count). The molecule has 1 aromatic carbocycles. The summed E-state index contributed by atoms with van der Waals surface area (Å²) in [4.78, 5) is 13.5. The number of aliphatic hydroxyl groups excluding tert-OH is 2. The summed E-state index contributed by atoms with van der Waals surface area (Å²) in [5, 5.41) is 19.8. The molecule has 5 heteroatoms. The summed E-state index contributed by atoms with van der Waals surface area (Å²) in [5.74, 6) is -0.765. The molecule has 0 radical (unpaired) electrons. The molecular formula is C15H21NO4. The normalized spacial score (nSPS) is 25.6. The number of hydrogen-bond donors (Lipinski definition) is 2. The molecule has 1 heterocycles. The minimum atomic E-state index is -1.48. The molecular weight excluding hydrogens is 258 g/mol. The maximum Gasteiger partial charge on any atom is 0.337 e. The maximum absolute atomic E-state index is 11.4. The van der Waals surface area contributed by atoms with Gasteiger partial charge in [0.05, 0.1) is 12.6 Å². The third kappa shape index (κ3) is 3.17. The summed E-state index contributed by atoms with van der Waals surface area (Å²) in [6.45, 7) is 4.56. The topological polar surface area (TPSA) is 69.8 Å². The van der Waals surface area contributed by atoms with Crippen molar-refractivity contribution in [2.75, 3.05) is 13.2 Å². The number of esters is 1. The Balaban J connectivity index is 1.92. The molecule has 0 saturated carbocycles. The van der Waals surface area contributed by atoms with Crippen LogP contribution in [0.15, 0.2) is 30.3 Å². The molecule has 1 fully saturated rings. The van der Waals surface area contributed by atoms with Crippen LogP contribution < -0.4 is 0 Å². The molecule has 5 nitrogen and oxygen atoms in total. The number of aliphatic hydroxyl groups is 2. The number of carbonyl (C=O) groups excluding carboxylic acids is 1. The van der Waals surface area contributed by atoms with Crippen LogP contribution in [-0.4, -0.2) is 52.5 Å². The Kier molecular flexibility index (Phi) is 4.75. The number of ether oxygens (including phenoxy) is 1. The smallest absolute Gasteiger partial charge is 0.337 e. The lowest BCUT2D eigenvalue weighted by atomic mass is 10.1. The maximum atomic E-state index is 11.4. The van der Waals surface area contributed by atoms with E-state index in [9.17, 15) is 15.0 Å². The van der Waals surface area contributed by atoms with E-state index in [2.05, 4.69) is 0 Å². The van der Waals surface area contributed by atoms with Gasteiger partial charge >= 0.3 is 5.97 Å². The van der Waals surface area contributed by atoms with Crippen LogP contribution >= 0.6 is 0 Å². The van der Waals surface area contributed by atoms with Crippen molar-refractivity contribution >= 4 is 5.97 Å². The third-order valence-corrected chi connectivity index (χ3v) is 3.72. The van der Waals surface area contributed by atoms with E-state index in [1.165, 1.54) is 0 Å². The fourth-order valence-electron chi connectivity index (χ4n) is 2.42. The van der Waals surface area contributed by atoms with Crippen molar-refractivity contribution in [3.63, 3.8) is 0 Å². The molecule has 1 aromatic rings. The van der Waals surface area contributed by atoms with E-state index >= 15 is 0 Å². The zero-order valence-corrected chi connectivity index (χ0v) is 11.8. The molecule has 20 heavy (non-hydrogen) atoms. The predicted molar refractivity (Wildman–Crippen MR) is 74.0 cm³/mol. The SMILES string of the molecule is CCOC(=O)C(O)C(O)C1CN1[C@H](C)c1ccccc1. The zero-order chi connectivity index (χ0) is 14.7. The van der Waals surface area contributed by atoms with Crippen molar-refractivity contribution in [3.8, 4) is 0 Å². The zero-order valence-electron chi connectivity index (χ0n) is 11.8. The highest BCUT2D eigenvalue weighted by Gasteiger charge is 2.47. The Morgan fingerprint density at radius 2 is 2.05 bits per heavy atom. The molecule has 1 aliphatic heterocycles. The number of benzene rings is 1. The number of hydrogen-bond acceptors (Lipinski definition) is 5. The highest BCUT2D eigenvalue weighted by Crippen LogP contribution is 2.34. The average Bonchev–Trinajstić information content (AvgIpc) is 3.26. The van der Waals surface area contributed by atoms with E-state index in [0.29, 0.717) is 6.54 Å². The Bertz CT molecular complexity index is 450. The molecule has 4 unspecified atom stereocenters. The van der Waals surface area contributed by atoms with Gasteiger partial charge in [-0.05, 0) is 19.4 Å². The van der Waals surface area contributed by atoms with Crippen molar-refractivity contribution in [2.24, 2.45) is 0 Å². The molecule has 0 aromatic heterocycles. The van der Waals surface area contributed by atoms with E-state index in [1.54, 1.807) is 6.92 Å². The van der Waals surface area contributed by atoms with Crippen LogP contribution in [0, 0.1) is 0 Å². The van der Waals surface area contributed by atoms with Gasteiger partial charge < -0.3 is 14.9 Å². The highest BCUT2D eigenvalue weighted by atomic mass is 16.5. The Morgan fingerprint density at radius 1 is 1.40 bits per heavy atom. The van der Waals surface area contributed by atoms with Gasteiger partial charge in [-0.15, -0.1) is 0 Å². The van der Waals surface area contributed by atoms with Gasteiger partial charge in [0, 0.05) is 12.6 Å². The average molecular weight is 279 g/mol. The molecule has 0 spiro atoms. The van der Waals surface area contributed by atoms with Crippen LogP contribution in [0.25, 0.3) is 0 Å². The lowest BCUT2D eigenvalue weighted by Crippen LogP contribution is -2.40. The standard InChI is InChI=1S/C15H21NO4/c1-3-20-15(19)14(18)13(17)12-9-16(12)10(2)11-7-5-4-6-8-11/h4-8,10,12-14,17-18H,3,9H2,1-2H3/t10-,12?,13?,14?,16?/m1/s1. The number of nitrogens with zero attached hydrogens (tertiary/aromatic N) is 1. The van der Waals surface area contributed by atoms with Gasteiger partial charge in [-0.3, -0.25) is 4.90 Å². The summed E-state index contributed by atoms with van der Waals surface area (Å²) >= 11 is 0. The molecule has 2 N–H and O–H groups in total. The Hall–Kier alpha value is -1.43. The Morgan fingerprint density at radius 3 is 2.65 bits per heavy atom. The largest absolute Gasteiger partial charge is 0.464 e. The van der Waals surface area contributed by atoms with Gasteiger partial charge in [0.1, 0.15) is 6.10 Å². The van der Waals surface area contributed by atoms with Gasteiger partial charge in [-0.25, -0.2) is 4.79 Å². The van der Waals surface area contributed by atoms with Crippen LogP contribution in [0.5, 0.6) is 0 Å². The first-order valence-electron chi connectivity index (χ1n) is 6.89. The van der Waals surface area contributed by atoms with Crippen LogP contribution in [0.2, 0.25) is 0 Å². The molecule has 0 amide bonds. The fourth-order valence-corrected chi connectivity index (χ4v) is 2.42. The van der Waals surface area contributed by atoms with Crippen LogP contribution in [-0.2, 0) is 9.53 Å². The molecule has 1 saturated heterocycles. The first-order chi connectivity index (χ1) is 9.56. The van der Waals surface area contributed by atoms with E-state index in [0.717, 1.165) is 5.56 Å². The van der Waals surface area contributed by atoms with Gasteiger partial charge in [-0.1, -0.05) is 30.3 Å². The lowest BCUT2D eigenvalue weighted by Gasteiger charge is -2.19.